The first-order valence-electron chi connectivity index (χ1n) is 8.86. The summed E-state index contributed by atoms with van der Waals surface area (Å²) in [4.78, 5) is 12.4. The molecule has 0 amide bonds. The number of esters is 1. The van der Waals surface area contributed by atoms with Crippen molar-refractivity contribution in [1.82, 2.24) is 4.57 Å². The van der Waals surface area contributed by atoms with Crippen LogP contribution in [0.25, 0.3) is 10.9 Å². The smallest absolute Gasteiger partial charge is 0.354 e. The molecule has 0 aliphatic rings. The van der Waals surface area contributed by atoms with Crippen molar-refractivity contribution in [3.05, 3.63) is 65.4 Å². The highest BCUT2D eigenvalue weighted by molar-refractivity contribution is 7.90. The zero-order valence-corrected chi connectivity index (χ0v) is 17.0. The van der Waals surface area contributed by atoms with Crippen LogP contribution in [0.5, 0.6) is 5.75 Å². The molecule has 1 heterocycles. The Morgan fingerprint density at radius 2 is 1.79 bits per heavy atom. The van der Waals surface area contributed by atoms with Gasteiger partial charge < -0.3 is 14.0 Å². The number of aryl methyl sites for hydroxylation is 2. The molecule has 0 aliphatic heterocycles. The van der Waals surface area contributed by atoms with Crippen molar-refractivity contribution >= 4 is 26.7 Å². The summed E-state index contributed by atoms with van der Waals surface area (Å²) in [5, 5.41) is 0.834. The summed E-state index contributed by atoms with van der Waals surface area (Å²) < 4.78 is 37.2. The number of aromatic nitrogens is 1. The summed E-state index contributed by atoms with van der Waals surface area (Å²) in [5.41, 5.74) is 2.62. The van der Waals surface area contributed by atoms with E-state index >= 15 is 0 Å². The number of nitrogens with zero attached hydrogens (tertiary/aromatic N) is 1. The Balaban J connectivity index is 1.96. The number of methoxy groups -OCH3 is 2. The molecule has 0 bridgehead atoms. The highest BCUT2D eigenvalue weighted by Crippen LogP contribution is 2.30. The van der Waals surface area contributed by atoms with E-state index in [-0.39, 0.29) is 18.1 Å². The number of hydrogen-bond donors (Lipinski definition) is 0. The van der Waals surface area contributed by atoms with E-state index in [1.165, 1.54) is 7.11 Å². The third-order valence-corrected chi connectivity index (χ3v) is 6.34. The molecule has 0 spiro atoms. The molecule has 0 saturated heterocycles. The van der Waals surface area contributed by atoms with Crippen LogP contribution < -0.4 is 4.74 Å². The normalized spacial score (nSPS) is 11.5. The maximum atomic E-state index is 12.6. The van der Waals surface area contributed by atoms with Crippen LogP contribution in [0.3, 0.4) is 0 Å². The molecule has 0 aliphatic carbocycles. The van der Waals surface area contributed by atoms with Crippen molar-refractivity contribution in [2.75, 3.05) is 20.0 Å². The van der Waals surface area contributed by atoms with E-state index in [0.717, 1.165) is 22.0 Å². The van der Waals surface area contributed by atoms with Crippen molar-refractivity contribution in [3.63, 3.8) is 0 Å². The minimum Gasteiger partial charge on any atom is -0.497 e. The minimum atomic E-state index is -3.35. The van der Waals surface area contributed by atoms with E-state index in [4.69, 9.17) is 9.47 Å². The van der Waals surface area contributed by atoms with Crippen LogP contribution in [0.15, 0.2) is 48.5 Å². The number of ether oxygens (including phenoxy) is 2. The first-order valence-corrected chi connectivity index (χ1v) is 10.7. The van der Waals surface area contributed by atoms with Gasteiger partial charge in [0, 0.05) is 17.4 Å². The van der Waals surface area contributed by atoms with E-state index in [1.54, 1.807) is 29.9 Å². The van der Waals surface area contributed by atoms with E-state index < -0.39 is 15.8 Å². The van der Waals surface area contributed by atoms with Crippen LogP contribution in [0.2, 0.25) is 0 Å². The minimum absolute atomic E-state index is 0.0343. The van der Waals surface area contributed by atoms with Gasteiger partial charge in [-0.2, -0.15) is 0 Å². The molecule has 0 fully saturated rings. The van der Waals surface area contributed by atoms with Crippen molar-refractivity contribution in [2.45, 2.75) is 19.2 Å². The SMILES string of the molecule is COC(=O)c1c(C)c2cc(OC)ccc2n1CCS(=O)(=O)Cc1ccccc1. The number of sulfone groups is 1. The lowest BCUT2D eigenvalue weighted by Crippen LogP contribution is -2.18. The topological polar surface area (TPSA) is 74.6 Å². The fraction of sp³-hybridized carbons (Fsp3) is 0.286. The average Bonchev–Trinajstić information content (AvgIpc) is 2.97. The Hall–Kier alpha value is -2.80. The Morgan fingerprint density at radius 3 is 2.43 bits per heavy atom. The first kappa shape index (κ1) is 19.9. The fourth-order valence-electron chi connectivity index (χ4n) is 3.35. The predicted octanol–water partition coefficient (Wildman–Crippen LogP) is 3.36. The second-order valence-electron chi connectivity index (χ2n) is 6.58. The standard InChI is InChI=1S/C21H23NO5S/c1-15-18-13-17(26-2)9-10-19(18)22(20(15)21(23)27-3)11-12-28(24,25)14-16-7-5-4-6-8-16/h4-10,13H,11-12,14H2,1-3H3. The molecule has 3 rings (SSSR count). The molecule has 0 radical (unpaired) electrons. The van der Waals surface area contributed by atoms with Crippen molar-refractivity contribution in [1.29, 1.82) is 0 Å². The molecule has 6 nitrogen and oxygen atoms in total. The Labute approximate surface area is 164 Å². The number of hydrogen-bond acceptors (Lipinski definition) is 5. The molecule has 0 N–H and O–H groups in total. The quantitative estimate of drug-likeness (QED) is 0.568. The van der Waals surface area contributed by atoms with Gasteiger partial charge >= 0.3 is 5.97 Å². The average molecular weight is 401 g/mol. The highest BCUT2D eigenvalue weighted by atomic mass is 32.2. The molecule has 3 aromatic rings. The Kier molecular flexibility index (Phi) is 5.74. The summed E-state index contributed by atoms with van der Waals surface area (Å²) in [6.07, 6.45) is 0. The molecular formula is C21H23NO5S. The third kappa shape index (κ3) is 4.04. The molecule has 0 atom stereocenters. The maximum absolute atomic E-state index is 12.6. The van der Waals surface area contributed by atoms with Gasteiger partial charge in [0.1, 0.15) is 11.4 Å². The number of carbonyl (C=O) groups is 1. The van der Waals surface area contributed by atoms with E-state index in [1.807, 2.05) is 37.3 Å². The number of benzene rings is 2. The highest BCUT2D eigenvalue weighted by Gasteiger charge is 2.23. The van der Waals surface area contributed by atoms with E-state index in [2.05, 4.69) is 0 Å². The van der Waals surface area contributed by atoms with Gasteiger partial charge in [0.15, 0.2) is 9.84 Å². The fourth-order valence-corrected chi connectivity index (χ4v) is 4.66. The second kappa shape index (κ2) is 8.06. The second-order valence-corrected chi connectivity index (χ2v) is 8.76. The van der Waals surface area contributed by atoms with Crippen molar-refractivity contribution in [3.8, 4) is 5.75 Å². The van der Waals surface area contributed by atoms with Gasteiger partial charge in [-0.05, 0) is 36.2 Å². The molecular weight excluding hydrogens is 378 g/mol. The maximum Gasteiger partial charge on any atom is 0.354 e. The monoisotopic (exact) mass is 401 g/mol. The summed E-state index contributed by atoms with van der Waals surface area (Å²) in [7, 11) is -0.462. The van der Waals surface area contributed by atoms with Gasteiger partial charge in [-0.3, -0.25) is 0 Å². The van der Waals surface area contributed by atoms with Crippen LogP contribution in [-0.2, 0) is 26.9 Å². The lowest BCUT2D eigenvalue weighted by atomic mass is 10.1. The first-order chi connectivity index (χ1) is 13.4. The summed E-state index contributed by atoms with van der Waals surface area (Å²) >= 11 is 0. The van der Waals surface area contributed by atoms with Crippen LogP contribution in [-0.4, -0.2) is 38.9 Å². The molecule has 1 aromatic heterocycles. The van der Waals surface area contributed by atoms with Crippen LogP contribution in [0.4, 0.5) is 0 Å². The van der Waals surface area contributed by atoms with Gasteiger partial charge in [0.25, 0.3) is 0 Å². The van der Waals surface area contributed by atoms with Gasteiger partial charge in [0.2, 0.25) is 0 Å². The third-order valence-electron chi connectivity index (χ3n) is 4.76. The predicted molar refractivity (Wildman–Crippen MR) is 108 cm³/mol. The number of rotatable bonds is 7. The number of carbonyl (C=O) groups excluding carboxylic acids is 1. The number of fused-ring (bicyclic) bond motifs is 1. The summed E-state index contributed by atoms with van der Waals surface area (Å²) in [6, 6.07) is 14.5. The molecule has 148 valence electrons. The van der Waals surface area contributed by atoms with Crippen LogP contribution >= 0.6 is 0 Å². The van der Waals surface area contributed by atoms with Crippen LogP contribution in [0.1, 0.15) is 21.6 Å². The van der Waals surface area contributed by atoms with E-state index in [0.29, 0.717) is 11.4 Å². The molecule has 2 aromatic carbocycles. The lowest BCUT2D eigenvalue weighted by molar-refractivity contribution is 0.0588. The molecule has 0 saturated carbocycles. The summed E-state index contributed by atoms with van der Waals surface area (Å²) in [5.74, 6) is 0.0585. The van der Waals surface area contributed by atoms with Crippen LogP contribution in [0, 0.1) is 6.92 Å². The molecule has 0 unspecified atom stereocenters. The van der Waals surface area contributed by atoms with Gasteiger partial charge in [0.05, 0.1) is 25.7 Å². The Morgan fingerprint density at radius 1 is 1.07 bits per heavy atom. The van der Waals surface area contributed by atoms with Crippen molar-refractivity contribution < 1.29 is 22.7 Å². The van der Waals surface area contributed by atoms with E-state index in [9.17, 15) is 13.2 Å². The van der Waals surface area contributed by atoms with Gasteiger partial charge in [-0.1, -0.05) is 30.3 Å². The molecule has 28 heavy (non-hydrogen) atoms. The lowest BCUT2D eigenvalue weighted by Gasteiger charge is -2.11. The zero-order valence-electron chi connectivity index (χ0n) is 16.1. The zero-order chi connectivity index (χ0) is 20.3. The summed E-state index contributed by atoms with van der Waals surface area (Å²) in [6.45, 7) is 1.99. The van der Waals surface area contributed by atoms with Gasteiger partial charge in [-0.25, -0.2) is 13.2 Å². The Bertz CT molecular complexity index is 1100. The van der Waals surface area contributed by atoms with Crippen molar-refractivity contribution in [2.24, 2.45) is 0 Å². The molecule has 7 heteroatoms. The van der Waals surface area contributed by atoms with Gasteiger partial charge in [-0.15, -0.1) is 0 Å². The largest absolute Gasteiger partial charge is 0.497 e.